The van der Waals surface area contributed by atoms with Crippen molar-refractivity contribution in [1.82, 2.24) is 4.90 Å². The van der Waals surface area contributed by atoms with Gasteiger partial charge in [-0.25, -0.2) is 0 Å². The summed E-state index contributed by atoms with van der Waals surface area (Å²) >= 11 is 0. The van der Waals surface area contributed by atoms with Gasteiger partial charge < -0.3 is 9.64 Å². The molecule has 0 radical (unpaired) electrons. The zero-order chi connectivity index (χ0) is 11.6. The molecule has 0 unspecified atom stereocenters. The molecule has 0 bridgehead atoms. The van der Waals surface area contributed by atoms with Gasteiger partial charge in [0.25, 0.3) is 0 Å². The predicted octanol–water partition coefficient (Wildman–Crippen LogP) is 1.20. The van der Waals surface area contributed by atoms with E-state index in [9.17, 15) is 9.59 Å². The van der Waals surface area contributed by atoms with Crippen LogP contribution in [0.2, 0.25) is 0 Å². The van der Waals surface area contributed by atoms with Crippen molar-refractivity contribution in [3.05, 3.63) is 0 Å². The lowest BCUT2D eigenvalue weighted by Crippen LogP contribution is -2.50. The maximum atomic E-state index is 12.0. The summed E-state index contributed by atoms with van der Waals surface area (Å²) in [6, 6.07) is 0.307. The molecule has 1 rings (SSSR count). The van der Waals surface area contributed by atoms with E-state index in [0.717, 1.165) is 12.8 Å². The summed E-state index contributed by atoms with van der Waals surface area (Å²) in [5, 5.41) is 0. The summed E-state index contributed by atoms with van der Waals surface area (Å²) in [5.41, 5.74) is -1.07. The molecule has 0 heterocycles. The van der Waals surface area contributed by atoms with E-state index in [2.05, 4.69) is 4.74 Å². The predicted molar refractivity (Wildman–Crippen MR) is 56.2 cm³/mol. The molecule has 4 nitrogen and oxygen atoms in total. The summed E-state index contributed by atoms with van der Waals surface area (Å²) in [7, 11) is 3.07. The van der Waals surface area contributed by atoms with E-state index in [-0.39, 0.29) is 5.91 Å². The standard InChI is InChI=1S/C11H19NO3/c1-11(2,10(14)15-4)9(13)12(3)8-6-5-7-8/h8H,5-7H2,1-4H3. The summed E-state index contributed by atoms with van der Waals surface area (Å²) in [4.78, 5) is 25.1. The minimum absolute atomic E-state index is 0.154. The van der Waals surface area contributed by atoms with Crippen molar-refractivity contribution in [2.75, 3.05) is 14.2 Å². The molecule has 15 heavy (non-hydrogen) atoms. The number of carbonyl (C=O) groups is 2. The SMILES string of the molecule is COC(=O)C(C)(C)C(=O)N(C)C1CCC1. The average molecular weight is 213 g/mol. The molecule has 1 amide bonds. The van der Waals surface area contributed by atoms with Gasteiger partial charge >= 0.3 is 5.97 Å². The number of amides is 1. The zero-order valence-corrected chi connectivity index (χ0v) is 9.87. The highest BCUT2D eigenvalue weighted by Crippen LogP contribution is 2.28. The van der Waals surface area contributed by atoms with Gasteiger partial charge in [0.15, 0.2) is 0 Å². The van der Waals surface area contributed by atoms with Crippen molar-refractivity contribution in [2.45, 2.75) is 39.2 Å². The lowest BCUT2D eigenvalue weighted by molar-refractivity contribution is -0.161. The topological polar surface area (TPSA) is 46.6 Å². The number of ether oxygens (including phenoxy) is 1. The second kappa shape index (κ2) is 4.21. The first kappa shape index (κ1) is 12.0. The molecule has 86 valence electrons. The van der Waals surface area contributed by atoms with Gasteiger partial charge in [-0.2, -0.15) is 0 Å². The van der Waals surface area contributed by atoms with E-state index in [4.69, 9.17) is 0 Å². The summed E-state index contributed by atoms with van der Waals surface area (Å²) in [6.07, 6.45) is 3.25. The number of hydrogen-bond acceptors (Lipinski definition) is 3. The van der Waals surface area contributed by atoms with E-state index in [1.807, 2.05) is 0 Å². The second-order valence-electron chi connectivity index (χ2n) is 4.62. The minimum Gasteiger partial charge on any atom is -0.468 e. The summed E-state index contributed by atoms with van der Waals surface area (Å²) in [6.45, 7) is 3.21. The van der Waals surface area contributed by atoms with Crippen LogP contribution in [-0.2, 0) is 14.3 Å². The Hall–Kier alpha value is -1.06. The van der Waals surface area contributed by atoms with Crippen molar-refractivity contribution >= 4 is 11.9 Å². The van der Waals surface area contributed by atoms with Crippen LogP contribution in [0.15, 0.2) is 0 Å². The molecule has 1 saturated carbocycles. The number of rotatable bonds is 3. The number of methoxy groups -OCH3 is 1. The molecule has 1 aliphatic carbocycles. The van der Waals surface area contributed by atoms with Crippen molar-refractivity contribution in [3.63, 3.8) is 0 Å². The fourth-order valence-electron chi connectivity index (χ4n) is 1.72. The van der Waals surface area contributed by atoms with E-state index < -0.39 is 11.4 Å². The van der Waals surface area contributed by atoms with Crippen LogP contribution in [0.3, 0.4) is 0 Å². The molecular formula is C11H19NO3. The lowest BCUT2D eigenvalue weighted by atomic mass is 9.87. The Kier molecular flexibility index (Phi) is 3.37. The van der Waals surface area contributed by atoms with Crippen LogP contribution >= 0.6 is 0 Å². The molecule has 1 fully saturated rings. The normalized spacial score (nSPS) is 16.8. The van der Waals surface area contributed by atoms with Gasteiger partial charge in [0, 0.05) is 13.1 Å². The molecule has 0 aromatic rings. The molecule has 0 N–H and O–H groups in total. The third-order valence-corrected chi connectivity index (χ3v) is 3.17. The highest BCUT2D eigenvalue weighted by Gasteiger charge is 2.41. The molecule has 0 aromatic heterocycles. The summed E-state index contributed by atoms with van der Waals surface area (Å²) in [5.74, 6) is -0.627. The van der Waals surface area contributed by atoms with E-state index in [0.29, 0.717) is 6.04 Å². The van der Waals surface area contributed by atoms with E-state index >= 15 is 0 Å². The molecule has 4 heteroatoms. The van der Waals surface area contributed by atoms with Crippen LogP contribution in [0.4, 0.5) is 0 Å². The number of hydrogen-bond donors (Lipinski definition) is 0. The van der Waals surface area contributed by atoms with Crippen molar-refractivity contribution < 1.29 is 14.3 Å². The Bertz CT molecular complexity index is 269. The number of esters is 1. The molecule has 0 spiro atoms. The highest BCUT2D eigenvalue weighted by molar-refractivity contribution is 6.01. The first-order chi connectivity index (χ1) is 6.91. The van der Waals surface area contributed by atoms with Crippen molar-refractivity contribution in [3.8, 4) is 0 Å². The van der Waals surface area contributed by atoms with E-state index in [1.54, 1.807) is 25.8 Å². The van der Waals surface area contributed by atoms with Gasteiger partial charge in [-0.1, -0.05) is 0 Å². The van der Waals surface area contributed by atoms with Gasteiger partial charge in [0.1, 0.15) is 5.41 Å². The van der Waals surface area contributed by atoms with Crippen LogP contribution in [0.25, 0.3) is 0 Å². The first-order valence-electron chi connectivity index (χ1n) is 5.27. The van der Waals surface area contributed by atoms with Gasteiger partial charge in [-0.15, -0.1) is 0 Å². The second-order valence-corrected chi connectivity index (χ2v) is 4.62. The largest absolute Gasteiger partial charge is 0.468 e. The van der Waals surface area contributed by atoms with Crippen LogP contribution < -0.4 is 0 Å². The fourth-order valence-corrected chi connectivity index (χ4v) is 1.72. The van der Waals surface area contributed by atoms with Crippen LogP contribution in [0.1, 0.15) is 33.1 Å². The summed E-state index contributed by atoms with van der Waals surface area (Å²) < 4.78 is 4.63. The maximum absolute atomic E-state index is 12.0. The van der Waals surface area contributed by atoms with Gasteiger partial charge in [0.05, 0.1) is 7.11 Å². The lowest BCUT2D eigenvalue weighted by Gasteiger charge is -2.38. The third-order valence-electron chi connectivity index (χ3n) is 3.17. The Labute approximate surface area is 90.6 Å². The molecule has 0 atom stereocenters. The van der Waals surface area contributed by atoms with Crippen molar-refractivity contribution in [1.29, 1.82) is 0 Å². The monoisotopic (exact) mass is 213 g/mol. The number of carbonyl (C=O) groups excluding carboxylic acids is 2. The van der Waals surface area contributed by atoms with Crippen LogP contribution in [0.5, 0.6) is 0 Å². The quantitative estimate of drug-likeness (QED) is 0.522. The average Bonchev–Trinajstić information content (AvgIpc) is 2.12. The van der Waals surface area contributed by atoms with Crippen molar-refractivity contribution in [2.24, 2.45) is 5.41 Å². The third kappa shape index (κ3) is 2.13. The Morgan fingerprint density at radius 2 is 1.87 bits per heavy atom. The van der Waals surface area contributed by atoms with Gasteiger partial charge in [-0.3, -0.25) is 9.59 Å². The maximum Gasteiger partial charge on any atom is 0.320 e. The Morgan fingerprint density at radius 1 is 1.33 bits per heavy atom. The molecule has 1 aliphatic rings. The first-order valence-corrected chi connectivity index (χ1v) is 5.27. The molecule has 0 saturated heterocycles. The van der Waals surface area contributed by atoms with Gasteiger partial charge in [0.2, 0.25) is 5.91 Å². The Balaban J connectivity index is 2.69. The minimum atomic E-state index is -1.07. The highest BCUT2D eigenvalue weighted by atomic mass is 16.5. The van der Waals surface area contributed by atoms with Crippen LogP contribution in [-0.4, -0.2) is 37.0 Å². The fraction of sp³-hybridized carbons (Fsp3) is 0.818. The zero-order valence-electron chi connectivity index (χ0n) is 9.87. The molecule has 0 aliphatic heterocycles. The van der Waals surface area contributed by atoms with Gasteiger partial charge in [-0.05, 0) is 33.1 Å². The number of nitrogens with zero attached hydrogens (tertiary/aromatic N) is 1. The molecule has 0 aromatic carbocycles. The Morgan fingerprint density at radius 3 is 2.20 bits per heavy atom. The molecular weight excluding hydrogens is 194 g/mol. The smallest absolute Gasteiger partial charge is 0.320 e. The van der Waals surface area contributed by atoms with Crippen LogP contribution in [0, 0.1) is 5.41 Å². The van der Waals surface area contributed by atoms with E-state index in [1.165, 1.54) is 13.5 Å².